The molecule has 94 valence electrons. The SMILES string of the molecule is CCC(C)NC(=O)COCC(=O)NC(C)C. The van der Waals surface area contributed by atoms with Gasteiger partial charge >= 0.3 is 0 Å². The van der Waals surface area contributed by atoms with Gasteiger partial charge in [-0.3, -0.25) is 9.59 Å². The molecule has 0 aliphatic heterocycles. The molecule has 0 spiro atoms. The Balaban J connectivity index is 3.58. The first kappa shape index (κ1) is 14.9. The van der Waals surface area contributed by atoms with Gasteiger partial charge in [0.1, 0.15) is 13.2 Å². The molecule has 2 amide bonds. The van der Waals surface area contributed by atoms with Crippen molar-refractivity contribution in [2.45, 2.75) is 46.2 Å². The summed E-state index contributed by atoms with van der Waals surface area (Å²) in [6.45, 7) is 7.49. The Hall–Kier alpha value is -1.10. The van der Waals surface area contributed by atoms with Crippen LogP contribution in [-0.4, -0.2) is 37.1 Å². The monoisotopic (exact) mass is 230 g/mol. The maximum Gasteiger partial charge on any atom is 0.246 e. The van der Waals surface area contributed by atoms with Gasteiger partial charge in [0, 0.05) is 12.1 Å². The van der Waals surface area contributed by atoms with Gasteiger partial charge in [0.15, 0.2) is 0 Å². The molecule has 0 bridgehead atoms. The summed E-state index contributed by atoms with van der Waals surface area (Å²) in [5.41, 5.74) is 0. The molecule has 0 radical (unpaired) electrons. The zero-order valence-corrected chi connectivity index (χ0v) is 10.5. The van der Waals surface area contributed by atoms with Crippen molar-refractivity contribution in [1.82, 2.24) is 10.6 Å². The summed E-state index contributed by atoms with van der Waals surface area (Å²) in [5.74, 6) is -0.391. The van der Waals surface area contributed by atoms with E-state index < -0.39 is 0 Å². The molecule has 0 aromatic heterocycles. The van der Waals surface area contributed by atoms with E-state index in [4.69, 9.17) is 4.74 Å². The number of carbonyl (C=O) groups excluding carboxylic acids is 2. The summed E-state index contributed by atoms with van der Waals surface area (Å²) in [7, 11) is 0. The summed E-state index contributed by atoms with van der Waals surface area (Å²) in [6, 6.07) is 0.227. The van der Waals surface area contributed by atoms with Crippen molar-refractivity contribution >= 4 is 11.8 Å². The van der Waals surface area contributed by atoms with Crippen LogP contribution >= 0.6 is 0 Å². The van der Waals surface area contributed by atoms with Crippen LogP contribution in [0.2, 0.25) is 0 Å². The number of amides is 2. The van der Waals surface area contributed by atoms with Crippen LogP contribution in [0.25, 0.3) is 0 Å². The fourth-order valence-corrected chi connectivity index (χ4v) is 1.02. The van der Waals surface area contributed by atoms with Gasteiger partial charge in [-0.1, -0.05) is 6.92 Å². The lowest BCUT2D eigenvalue weighted by molar-refractivity contribution is -0.131. The van der Waals surface area contributed by atoms with Crippen LogP contribution in [0, 0.1) is 0 Å². The summed E-state index contributed by atoms with van der Waals surface area (Å²) < 4.78 is 4.98. The zero-order valence-electron chi connectivity index (χ0n) is 10.5. The van der Waals surface area contributed by atoms with Gasteiger partial charge in [-0.05, 0) is 27.2 Å². The fraction of sp³-hybridized carbons (Fsp3) is 0.818. The lowest BCUT2D eigenvalue weighted by Crippen LogP contribution is -2.37. The van der Waals surface area contributed by atoms with Crippen LogP contribution in [0.15, 0.2) is 0 Å². The number of hydrogen-bond donors (Lipinski definition) is 2. The number of carbonyl (C=O) groups is 2. The Kier molecular flexibility index (Phi) is 7.54. The molecular formula is C11H22N2O3. The molecule has 0 saturated heterocycles. The fourth-order valence-electron chi connectivity index (χ4n) is 1.02. The van der Waals surface area contributed by atoms with Crippen LogP contribution in [-0.2, 0) is 14.3 Å². The van der Waals surface area contributed by atoms with E-state index in [1.54, 1.807) is 0 Å². The van der Waals surface area contributed by atoms with Gasteiger partial charge in [-0.2, -0.15) is 0 Å². The van der Waals surface area contributed by atoms with Crippen molar-refractivity contribution in [2.24, 2.45) is 0 Å². The molecule has 0 saturated carbocycles. The summed E-state index contributed by atoms with van der Waals surface area (Å²) in [6.07, 6.45) is 0.875. The van der Waals surface area contributed by atoms with E-state index in [0.29, 0.717) is 0 Å². The van der Waals surface area contributed by atoms with Crippen molar-refractivity contribution in [2.75, 3.05) is 13.2 Å². The van der Waals surface area contributed by atoms with Gasteiger partial charge in [0.2, 0.25) is 11.8 Å². The predicted molar refractivity (Wildman–Crippen MR) is 62.0 cm³/mol. The molecule has 2 N–H and O–H groups in total. The second kappa shape index (κ2) is 8.10. The standard InChI is InChI=1S/C11H22N2O3/c1-5-9(4)13-11(15)7-16-6-10(14)12-8(2)3/h8-9H,5-7H2,1-4H3,(H,12,14)(H,13,15). The molecule has 0 heterocycles. The van der Waals surface area contributed by atoms with Gasteiger partial charge < -0.3 is 15.4 Å². The average Bonchev–Trinajstić information content (AvgIpc) is 2.16. The van der Waals surface area contributed by atoms with Crippen LogP contribution in [0.5, 0.6) is 0 Å². The van der Waals surface area contributed by atoms with Gasteiger partial charge in [-0.15, -0.1) is 0 Å². The molecule has 0 aliphatic carbocycles. The van der Waals surface area contributed by atoms with E-state index in [1.165, 1.54) is 0 Å². The number of rotatable bonds is 7. The molecule has 1 unspecified atom stereocenters. The Morgan fingerprint density at radius 1 is 1.06 bits per heavy atom. The van der Waals surface area contributed by atoms with E-state index in [9.17, 15) is 9.59 Å². The Morgan fingerprint density at radius 3 is 2.00 bits per heavy atom. The van der Waals surface area contributed by atoms with Crippen molar-refractivity contribution in [3.63, 3.8) is 0 Å². The number of ether oxygens (including phenoxy) is 1. The third-order valence-corrected chi connectivity index (χ3v) is 1.94. The summed E-state index contributed by atoms with van der Waals surface area (Å²) >= 11 is 0. The van der Waals surface area contributed by atoms with Gasteiger partial charge in [-0.25, -0.2) is 0 Å². The highest BCUT2D eigenvalue weighted by atomic mass is 16.5. The zero-order chi connectivity index (χ0) is 12.6. The molecule has 0 aromatic carbocycles. The molecule has 0 rings (SSSR count). The van der Waals surface area contributed by atoms with Crippen LogP contribution < -0.4 is 10.6 Å². The lowest BCUT2D eigenvalue weighted by Gasteiger charge is -2.12. The second-order valence-electron chi connectivity index (χ2n) is 4.09. The molecule has 0 aromatic rings. The van der Waals surface area contributed by atoms with Crippen molar-refractivity contribution < 1.29 is 14.3 Å². The first-order valence-electron chi connectivity index (χ1n) is 5.62. The normalized spacial score (nSPS) is 12.3. The van der Waals surface area contributed by atoms with Gasteiger partial charge in [0.05, 0.1) is 0 Å². The molecule has 16 heavy (non-hydrogen) atoms. The van der Waals surface area contributed by atoms with Crippen molar-refractivity contribution in [3.05, 3.63) is 0 Å². The maximum atomic E-state index is 11.2. The van der Waals surface area contributed by atoms with Crippen LogP contribution in [0.1, 0.15) is 34.1 Å². The number of hydrogen-bond acceptors (Lipinski definition) is 3. The summed E-state index contributed by atoms with van der Waals surface area (Å²) in [5, 5.41) is 5.42. The molecule has 0 aliphatic rings. The van der Waals surface area contributed by atoms with Crippen LogP contribution in [0.4, 0.5) is 0 Å². The third kappa shape index (κ3) is 8.23. The molecule has 1 atom stereocenters. The van der Waals surface area contributed by atoms with Gasteiger partial charge in [0.25, 0.3) is 0 Å². The van der Waals surface area contributed by atoms with E-state index in [1.807, 2.05) is 27.7 Å². The van der Waals surface area contributed by atoms with E-state index in [-0.39, 0.29) is 37.1 Å². The predicted octanol–water partition coefficient (Wildman–Crippen LogP) is 0.442. The first-order chi connectivity index (χ1) is 7.45. The minimum atomic E-state index is -0.202. The van der Waals surface area contributed by atoms with Crippen LogP contribution in [0.3, 0.4) is 0 Å². The minimum absolute atomic E-state index is 0.0736. The molecule has 0 fully saturated rings. The number of nitrogens with one attached hydrogen (secondary N) is 2. The van der Waals surface area contributed by atoms with E-state index in [0.717, 1.165) is 6.42 Å². The topological polar surface area (TPSA) is 67.4 Å². The Morgan fingerprint density at radius 2 is 1.56 bits per heavy atom. The molecule has 5 nitrogen and oxygen atoms in total. The highest BCUT2D eigenvalue weighted by Crippen LogP contribution is 1.87. The maximum absolute atomic E-state index is 11.2. The van der Waals surface area contributed by atoms with E-state index in [2.05, 4.69) is 10.6 Å². The average molecular weight is 230 g/mol. The summed E-state index contributed by atoms with van der Waals surface area (Å²) in [4.78, 5) is 22.4. The quantitative estimate of drug-likeness (QED) is 0.667. The molecular weight excluding hydrogens is 208 g/mol. The lowest BCUT2D eigenvalue weighted by atomic mass is 10.2. The molecule has 5 heteroatoms. The second-order valence-corrected chi connectivity index (χ2v) is 4.09. The first-order valence-corrected chi connectivity index (χ1v) is 5.62. The highest BCUT2D eigenvalue weighted by molar-refractivity contribution is 5.79. The largest absolute Gasteiger partial charge is 0.362 e. The van der Waals surface area contributed by atoms with Crippen molar-refractivity contribution in [3.8, 4) is 0 Å². The Labute approximate surface area is 96.9 Å². The Bertz CT molecular complexity index is 229. The van der Waals surface area contributed by atoms with Crippen molar-refractivity contribution in [1.29, 1.82) is 0 Å². The highest BCUT2D eigenvalue weighted by Gasteiger charge is 2.07. The smallest absolute Gasteiger partial charge is 0.246 e. The van der Waals surface area contributed by atoms with E-state index >= 15 is 0 Å². The minimum Gasteiger partial charge on any atom is -0.362 e. The third-order valence-electron chi connectivity index (χ3n) is 1.94.